The maximum atomic E-state index is 12.3. The number of carbonyl (C=O) groups is 1. The highest BCUT2D eigenvalue weighted by Crippen LogP contribution is 2.31. The Bertz CT molecular complexity index is 1100. The van der Waals surface area contributed by atoms with Crippen molar-refractivity contribution in [1.82, 2.24) is 4.98 Å². The Kier molecular flexibility index (Phi) is 4.45. The molecule has 0 unspecified atom stereocenters. The molecule has 0 bridgehead atoms. The molecule has 0 saturated heterocycles. The first-order valence-electron chi connectivity index (χ1n) is 8.13. The zero-order chi connectivity index (χ0) is 18.1. The number of anilines is 1. The number of aromatic nitrogens is 1. The number of hydrogen-bond donors (Lipinski definition) is 1. The minimum atomic E-state index is -0.185. The van der Waals surface area contributed by atoms with Crippen molar-refractivity contribution < 1.29 is 4.79 Å². The summed E-state index contributed by atoms with van der Waals surface area (Å²) in [5.41, 5.74) is 4.53. The number of nitrogens with zero attached hydrogens (tertiary/aromatic N) is 1. The highest BCUT2D eigenvalue weighted by atomic mass is 35.5. The third kappa shape index (κ3) is 3.47. The molecule has 26 heavy (non-hydrogen) atoms. The van der Waals surface area contributed by atoms with Gasteiger partial charge in [-0.1, -0.05) is 23.7 Å². The maximum Gasteiger partial charge on any atom is 0.255 e. The molecule has 4 rings (SSSR count). The van der Waals surface area contributed by atoms with E-state index in [9.17, 15) is 4.79 Å². The van der Waals surface area contributed by atoms with Crippen LogP contribution in [0.15, 0.2) is 66.7 Å². The number of halogens is 1. The Balaban J connectivity index is 1.55. The molecule has 0 fully saturated rings. The number of aryl methyl sites for hydroxylation is 1. The third-order valence-electron chi connectivity index (χ3n) is 4.02. The molecule has 0 aliphatic carbocycles. The Morgan fingerprint density at radius 2 is 1.85 bits per heavy atom. The van der Waals surface area contributed by atoms with Gasteiger partial charge in [0.15, 0.2) is 0 Å². The van der Waals surface area contributed by atoms with Gasteiger partial charge in [0.1, 0.15) is 5.01 Å². The predicted octanol–water partition coefficient (Wildman–Crippen LogP) is 6.18. The van der Waals surface area contributed by atoms with Crippen LogP contribution in [0, 0.1) is 6.92 Å². The van der Waals surface area contributed by atoms with E-state index in [1.165, 1.54) is 10.3 Å². The van der Waals surface area contributed by atoms with E-state index in [-0.39, 0.29) is 5.91 Å². The average molecular weight is 379 g/mol. The molecular weight excluding hydrogens is 364 g/mol. The van der Waals surface area contributed by atoms with Crippen molar-refractivity contribution in [2.24, 2.45) is 0 Å². The van der Waals surface area contributed by atoms with Crippen LogP contribution in [0.1, 0.15) is 15.9 Å². The molecule has 128 valence electrons. The summed E-state index contributed by atoms with van der Waals surface area (Å²) < 4.78 is 1.18. The van der Waals surface area contributed by atoms with Crippen molar-refractivity contribution >= 4 is 44.7 Å². The summed E-state index contributed by atoms with van der Waals surface area (Å²) in [7, 11) is 0. The van der Waals surface area contributed by atoms with Crippen molar-refractivity contribution in [3.05, 3.63) is 82.9 Å². The first kappa shape index (κ1) is 16.8. The number of rotatable bonds is 3. The van der Waals surface area contributed by atoms with Crippen molar-refractivity contribution in [3.8, 4) is 10.6 Å². The number of thiazole rings is 1. The Hall–Kier alpha value is -2.69. The largest absolute Gasteiger partial charge is 0.322 e. The molecule has 0 radical (unpaired) electrons. The van der Waals surface area contributed by atoms with Crippen LogP contribution in [-0.2, 0) is 0 Å². The van der Waals surface area contributed by atoms with Gasteiger partial charge in [0.2, 0.25) is 0 Å². The van der Waals surface area contributed by atoms with Crippen LogP contribution >= 0.6 is 22.9 Å². The molecule has 1 amide bonds. The molecule has 0 atom stereocenters. The average Bonchev–Trinajstić information content (AvgIpc) is 3.05. The summed E-state index contributed by atoms with van der Waals surface area (Å²) in [4.78, 5) is 17.0. The number of amides is 1. The molecule has 3 nitrogen and oxygen atoms in total. The molecule has 0 aliphatic heterocycles. The zero-order valence-corrected chi connectivity index (χ0v) is 15.6. The Morgan fingerprint density at radius 1 is 1.04 bits per heavy atom. The minimum absolute atomic E-state index is 0.185. The maximum absolute atomic E-state index is 12.3. The summed E-state index contributed by atoms with van der Waals surface area (Å²) in [6, 6.07) is 20.9. The van der Waals surface area contributed by atoms with Gasteiger partial charge in [0.05, 0.1) is 10.2 Å². The van der Waals surface area contributed by atoms with Gasteiger partial charge in [-0.25, -0.2) is 4.98 Å². The van der Waals surface area contributed by atoms with E-state index < -0.39 is 0 Å². The van der Waals surface area contributed by atoms with Crippen molar-refractivity contribution in [2.45, 2.75) is 6.92 Å². The van der Waals surface area contributed by atoms with Gasteiger partial charge in [-0.15, -0.1) is 11.3 Å². The lowest BCUT2D eigenvalue weighted by atomic mass is 10.2. The molecular formula is C21H15ClN2OS. The molecule has 1 aromatic heterocycles. The second-order valence-electron chi connectivity index (χ2n) is 6.03. The van der Waals surface area contributed by atoms with Crippen LogP contribution in [0.25, 0.3) is 20.8 Å². The fraction of sp³-hybridized carbons (Fsp3) is 0.0476. The van der Waals surface area contributed by atoms with Gasteiger partial charge in [0.25, 0.3) is 5.91 Å². The topological polar surface area (TPSA) is 42.0 Å². The molecule has 0 saturated carbocycles. The second kappa shape index (κ2) is 6.90. The van der Waals surface area contributed by atoms with Crippen LogP contribution in [0.2, 0.25) is 5.02 Å². The second-order valence-corrected chi connectivity index (χ2v) is 7.50. The van der Waals surface area contributed by atoms with E-state index in [0.717, 1.165) is 21.8 Å². The SMILES string of the molecule is Cc1ccc2nc(-c3ccc(NC(=O)c4cccc(Cl)c4)cc3)sc2c1. The number of hydrogen-bond acceptors (Lipinski definition) is 3. The summed E-state index contributed by atoms with van der Waals surface area (Å²) in [6.45, 7) is 2.08. The molecule has 1 N–H and O–H groups in total. The summed E-state index contributed by atoms with van der Waals surface area (Å²) >= 11 is 7.61. The summed E-state index contributed by atoms with van der Waals surface area (Å²) in [6.07, 6.45) is 0. The summed E-state index contributed by atoms with van der Waals surface area (Å²) in [5, 5.41) is 4.40. The van der Waals surface area contributed by atoms with Gasteiger partial charge in [0, 0.05) is 21.8 Å². The van der Waals surface area contributed by atoms with E-state index in [1.54, 1.807) is 35.6 Å². The van der Waals surface area contributed by atoms with Crippen LogP contribution < -0.4 is 5.32 Å². The van der Waals surface area contributed by atoms with Crippen molar-refractivity contribution in [3.63, 3.8) is 0 Å². The number of benzene rings is 3. The highest BCUT2D eigenvalue weighted by molar-refractivity contribution is 7.21. The van der Waals surface area contributed by atoms with Gasteiger partial charge < -0.3 is 5.32 Å². The molecule has 4 aromatic rings. The number of nitrogens with one attached hydrogen (secondary N) is 1. The normalized spacial score (nSPS) is 10.8. The van der Waals surface area contributed by atoms with Crippen LogP contribution in [0.5, 0.6) is 0 Å². The zero-order valence-electron chi connectivity index (χ0n) is 14.0. The minimum Gasteiger partial charge on any atom is -0.322 e. The van der Waals surface area contributed by atoms with Gasteiger partial charge in [-0.2, -0.15) is 0 Å². The smallest absolute Gasteiger partial charge is 0.255 e. The predicted molar refractivity (Wildman–Crippen MR) is 109 cm³/mol. The van der Waals surface area contributed by atoms with E-state index in [4.69, 9.17) is 11.6 Å². The van der Waals surface area contributed by atoms with Gasteiger partial charge >= 0.3 is 0 Å². The van der Waals surface area contributed by atoms with E-state index in [2.05, 4.69) is 29.4 Å². The fourth-order valence-corrected chi connectivity index (χ4v) is 3.94. The fourth-order valence-electron chi connectivity index (χ4n) is 2.68. The van der Waals surface area contributed by atoms with Crippen LogP contribution in [-0.4, -0.2) is 10.9 Å². The monoisotopic (exact) mass is 378 g/mol. The van der Waals surface area contributed by atoms with Crippen LogP contribution in [0.3, 0.4) is 0 Å². The van der Waals surface area contributed by atoms with E-state index in [1.807, 2.05) is 30.3 Å². The van der Waals surface area contributed by atoms with Gasteiger partial charge in [-0.3, -0.25) is 4.79 Å². The third-order valence-corrected chi connectivity index (χ3v) is 5.32. The Labute approximate surface area is 160 Å². The number of fused-ring (bicyclic) bond motifs is 1. The Morgan fingerprint density at radius 3 is 2.62 bits per heavy atom. The van der Waals surface area contributed by atoms with Crippen LogP contribution in [0.4, 0.5) is 5.69 Å². The molecule has 0 aliphatic rings. The lowest BCUT2D eigenvalue weighted by molar-refractivity contribution is 0.102. The molecule has 5 heteroatoms. The number of carbonyl (C=O) groups excluding carboxylic acids is 1. The lowest BCUT2D eigenvalue weighted by Crippen LogP contribution is -2.11. The van der Waals surface area contributed by atoms with E-state index >= 15 is 0 Å². The highest BCUT2D eigenvalue weighted by Gasteiger charge is 2.09. The standard InChI is InChI=1S/C21H15ClN2OS/c1-13-5-10-18-19(11-13)26-21(24-18)14-6-8-17(9-7-14)23-20(25)15-3-2-4-16(22)12-15/h2-12H,1H3,(H,23,25). The lowest BCUT2D eigenvalue weighted by Gasteiger charge is -2.06. The van der Waals surface area contributed by atoms with Gasteiger partial charge in [-0.05, 0) is 67.1 Å². The molecule has 3 aromatic carbocycles. The van der Waals surface area contributed by atoms with Crippen molar-refractivity contribution in [1.29, 1.82) is 0 Å². The van der Waals surface area contributed by atoms with E-state index in [0.29, 0.717) is 10.6 Å². The summed E-state index contributed by atoms with van der Waals surface area (Å²) in [5.74, 6) is -0.185. The molecule has 0 spiro atoms. The quantitative estimate of drug-likeness (QED) is 0.462. The first-order chi connectivity index (χ1) is 12.6. The molecule has 1 heterocycles. The van der Waals surface area contributed by atoms with Crippen molar-refractivity contribution in [2.75, 3.05) is 5.32 Å². The first-order valence-corrected chi connectivity index (χ1v) is 9.32.